The molecule has 1 N–H and O–H groups in total. The van der Waals surface area contributed by atoms with Crippen molar-refractivity contribution < 1.29 is 5.11 Å². The third-order valence-corrected chi connectivity index (χ3v) is 3.26. The summed E-state index contributed by atoms with van der Waals surface area (Å²) in [6.07, 6.45) is 7.39. The van der Waals surface area contributed by atoms with Crippen LogP contribution in [0.3, 0.4) is 0 Å². The maximum atomic E-state index is 9.77. The van der Waals surface area contributed by atoms with E-state index < -0.39 is 0 Å². The third-order valence-electron chi connectivity index (χ3n) is 3.26. The van der Waals surface area contributed by atoms with E-state index in [1.807, 2.05) is 0 Å². The third kappa shape index (κ3) is 2.48. The average Bonchev–Trinajstić information content (AvgIpc) is 2.05. The lowest BCUT2D eigenvalue weighted by Gasteiger charge is -2.32. The predicted octanol–water partition coefficient (Wildman–Crippen LogP) is 2.97. The van der Waals surface area contributed by atoms with Crippen molar-refractivity contribution in [2.24, 2.45) is 11.8 Å². The molecule has 1 rings (SSSR count). The summed E-state index contributed by atoms with van der Waals surface area (Å²) in [5.74, 6) is 1.32. The van der Waals surface area contributed by atoms with Gasteiger partial charge in [-0.3, -0.25) is 0 Å². The van der Waals surface area contributed by atoms with Crippen LogP contribution in [0.1, 0.15) is 52.4 Å². The van der Waals surface area contributed by atoms with E-state index in [0.717, 1.165) is 12.3 Å². The van der Waals surface area contributed by atoms with Crippen molar-refractivity contribution in [3.8, 4) is 0 Å². The molecule has 0 aliphatic heterocycles. The highest BCUT2D eigenvalue weighted by molar-refractivity contribution is 4.78. The number of aliphatic hydroxyl groups is 1. The summed E-state index contributed by atoms with van der Waals surface area (Å²) in [5, 5.41) is 9.77. The van der Waals surface area contributed by atoms with Crippen molar-refractivity contribution in [3.63, 3.8) is 0 Å². The number of hydrogen-bond acceptors (Lipinski definition) is 1. The standard InChI is InChI=1S/C11H22O/c1-3-6-9(2)10-7-4-5-8-11(10)12/h9-12H,3-8H2,1-2H3/t9-,10?,11?/m0/s1. The second-order valence-corrected chi connectivity index (χ2v) is 4.28. The van der Waals surface area contributed by atoms with Gasteiger partial charge in [0.2, 0.25) is 0 Å². The van der Waals surface area contributed by atoms with E-state index in [0.29, 0.717) is 5.92 Å². The molecule has 0 bridgehead atoms. The Labute approximate surface area is 76.2 Å². The van der Waals surface area contributed by atoms with Gasteiger partial charge in [-0.25, -0.2) is 0 Å². The summed E-state index contributed by atoms with van der Waals surface area (Å²) in [6.45, 7) is 4.52. The van der Waals surface area contributed by atoms with Gasteiger partial charge in [-0.15, -0.1) is 0 Å². The predicted molar refractivity (Wildman–Crippen MR) is 52.0 cm³/mol. The van der Waals surface area contributed by atoms with Crippen molar-refractivity contribution in [1.29, 1.82) is 0 Å². The molecule has 0 aromatic carbocycles. The van der Waals surface area contributed by atoms with Crippen LogP contribution in [0.25, 0.3) is 0 Å². The maximum absolute atomic E-state index is 9.77. The Morgan fingerprint density at radius 3 is 2.58 bits per heavy atom. The van der Waals surface area contributed by atoms with Gasteiger partial charge in [0.05, 0.1) is 6.10 Å². The van der Waals surface area contributed by atoms with Gasteiger partial charge in [0.15, 0.2) is 0 Å². The summed E-state index contributed by atoms with van der Waals surface area (Å²) >= 11 is 0. The topological polar surface area (TPSA) is 20.2 Å². The van der Waals surface area contributed by atoms with Crippen molar-refractivity contribution in [2.75, 3.05) is 0 Å². The van der Waals surface area contributed by atoms with Gasteiger partial charge in [-0.2, -0.15) is 0 Å². The Balaban J connectivity index is 2.36. The fourth-order valence-electron chi connectivity index (χ4n) is 2.47. The molecule has 1 aliphatic carbocycles. The number of rotatable bonds is 3. The van der Waals surface area contributed by atoms with Crippen molar-refractivity contribution in [3.05, 3.63) is 0 Å². The van der Waals surface area contributed by atoms with Crippen LogP contribution in [-0.4, -0.2) is 11.2 Å². The lowest BCUT2D eigenvalue weighted by molar-refractivity contribution is 0.0388. The first-order chi connectivity index (χ1) is 5.75. The van der Waals surface area contributed by atoms with Crippen LogP contribution in [0.15, 0.2) is 0 Å². The molecule has 0 saturated heterocycles. The van der Waals surface area contributed by atoms with Gasteiger partial charge in [0, 0.05) is 0 Å². The minimum atomic E-state index is 0.000278. The Bertz CT molecular complexity index is 122. The number of hydrogen-bond donors (Lipinski definition) is 1. The normalized spacial score (nSPS) is 33.2. The Morgan fingerprint density at radius 1 is 1.33 bits per heavy atom. The first-order valence-corrected chi connectivity index (χ1v) is 5.43. The molecule has 1 nitrogen and oxygen atoms in total. The van der Waals surface area contributed by atoms with E-state index in [1.54, 1.807) is 0 Å². The highest BCUT2D eigenvalue weighted by atomic mass is 16.3. The fraction of sp³-hybridized carbons (Fsp3) is 1.00. The SMILES string of the molecule is CCC[C@H](C)C1CCCCC1O. The van der Waals surface area contributed by atoms with Crippen LogP contribution in [0.2, 0.25) is 0 Å². The van der Waals surface area contributed by atoms with Crippen LogP contribution < -0.4 is 0 Å². The second-order valence-electron chi connectivity index (χ2n) is 4.28. The largest absolute Gasteiger partial charge is 0.393 e. The molecule has 2 unspecified atom stereocenters. The first kappa shape index (κ1) is 10.0. The van der Waals surface area contributed by atoms with Gasteiger partial charge in [0.1, 0.15) is 0 Å². The molecular weight excluding hydrogens is 148 g/mol. The molecule has 72 valence electrons. The van der Waals surface area contributed by atoms with Gasteiger partial charge >= 0.3 is 0 Å². The van der Waals surface area contributed by atoms with E-state index in [1.165, 1.54) is 32.1 Å². The zero-order chi connectivity index (χ0) is 8.97. The van der Waals surface area contributed by atoms with Gasteiger partial charge in [-0.05, 0) is 24.7 Å². The molecular formula is C11H22O. The Morgan fingerprint density at radius 2 is 2.00 bits per heavy atom. The quantitative estimate of drug-likeness (QED) is 0.690. The van der Waals surface area contributed by atoms with Crippen molar-refractivity contribution in [1.82, 2.24) is 0 Å². The van der Waals surface area contributed by atoms with Crippen molar-refractivity contribution in [2.45, 2.75) is 58.5 Å². The minimum absolute atomic E-state index is 0.000278. The molecule has 0 aromatic heterocycles. The second kappa shape index (κ2) is 4.86. The van der Waals surface area contributed by atoms with E-state index >= 15 is 0 Å². The molecule has 1 heteroatoms. The van der Waals surface area contributed by atoms with E-state index in [2.05, 4.69) is 13.8 Å². The lowest BCUT2D eigenvalue weighted by atomic mass is 9.77. The minimum Gasteiger partial charge on any atom is -0.393 e. The zero-order valence-electron chi connectivity index (χ0n) is 8.42. The average molecular weight is 170 g/mol. The molecule has 0 aromatic rings. The van der Waals surface area contributed by atoms with Gasteiger partial charge in [-0.1, -0.05) is 39.5 Å². The van der Waals surface area contributed by atoms with Gasteiger partial charge < -0.3 is 5.11 Å². The fourth-order valence-corrected chi connectivity index (χ4v) is 2.47. The highest BCUT2D eigenvalue weighted by Gasteiger charge is 2.26. The van der Waals surface area contributed by atoms with Crippen LogP contribution >= 0.6 is 0 Å². The highest BCUT2D eigenvalue weighted by Crippen LogP contribution is 2.32. The Kier molecular flexibility index (Phi) is 4.07. The molecule has 1 saturated carbocycles. The maximum Gasteiger partial charge on any atom is 0.0570 e. The lowest BCUT2D eigenvalue weighted by Crippen LogP contribution is -2.29. The van der Waals surface area contributed by atoms with E-state index in [-0.39, 0.29) is 6.10 Å². The molecule has 0 amide bonds. The summed E-state index contributed by atoms with van der Waals surface area (Å²) in [5.41, 5.74) is 0. The van der Waals surface area contributed by atoms with E-state index in [9.17, 15) is 5.11 Å². The summed E-state index contributed by atoms with van der Waals surface area (Å²) in [6, 6.07) is 0. The van der Waals surface area contributed by atoms with Crippen LogP contribution in [-0.2, 0) is 0 Å². The summed E-state index contributed by atoms with van der Waals surface area (Å²) in [4.78, 5) is 0. The summed E-state index contributed by atoms with van der Waals surface area (Å²) < 4.78 is 0. The van der Waals surface area contributed by atoms with Crippen molar-refractivity contribution >= 4 is 0 Å². The molecule has 12 heavy (non-hydrogen) atoms. The summed E-state index contributed by atoms with van der Waals surface area (Å²) in [7, 11) is 0. The van der Waals surface area contributed by atoms with E-state index in [4.69, 9.17) is 0 Å². The first-order valence-electron chi connectivity index (χ1n) is 5.43. The molecule has 0 radical (unpaired) electrons. The molecule has 0 heterocycles. The van der Waals surface area contributed by atoms with Crippen LogP contribution in [0, 0.1) is 11.8 Å². The van der Waals surface area contributed by atoms with Crippen LogP contribution in [0.4, 0.5) is 0 Å². The zero-order valence-corrected chi connectivity index (χ0v) is 8.42. The smallest absolute Gasteiger partial charge is 0.0570 e. The molecule has 1 aliphatic rings. The molecule has 0 spiro atoms. The van der Waals surface area contributed by atoms with Gasteiger partial charge in [0.25, 0.3) is 0 Å². The van der Waals surface area contributed by atoms with Crippen LogP contribution in [0.5, 0.6) is 0 Å². The molecule has 3 atom stereocenters. The molecule has 1 fully saturated rings. The Hall–Kier alpha value is -0.0400. The number of aliphatic hydroxyl groups excluding tert-OH is 1. The monoisotopic (exact) mass is 170 g/mol.